The highest BCUT2D eigenvalue weighted by Gasteiger charge is 2.28. The summed E-state index contributed by atoms with van der Waals surface area (Å²) in [6.45, 7) is 0. The standard InChI is InChI=1S/C39H36B12N4O/c40-15-11-16-18-23(43)34(55-32-19(21(41)24(44)26(46)28(32)48)20-22(42)25(45)27(47)29(49)33(20)55)30(50)31(51)36(18)56-35(16)17(12-15)39-53-37(13-7-3-1-4-8-13)52-38(54-39)14-9-5-2-6-10-14/h1-12H,40-51H2. The summed E-state index contributed by atoms with van der Waals surface area (Å²) in [6.07, 6.45) is 0. The first-order valence-corrected chi connectivity index (χ1v) is 19.6. The fourth-order valence-electron chi connectivity index (χ4n) is 9.25. The molecule has 9 aromatic rings. The zero-order valence-corrected chi connectivity index (χ0v) is 34.6. The Balaban J connectivity index is 1.41. The molecule has 0 amide bonds. The molecule has 254 valence electrons. The Hall–Kier alpha value is -5.29. The molecule has 0 aliphatic carbocycles. The smallest absolute Gasteiger partial charge is 0.167 e. The third-order valence-electron chi connectivity index (χ3n) is 13.1. The molecule has 3 aromatic heterocycles. The van der Waals surface area contributed by atoms with E-state index in [9.17, 15) is 0 Å². The molecule has 0 radical (unpaired) electrons. The van der Waals surface area contributed by atoms with Gasteiger partial charge in [-0.15, -0.1) is 10.9 Å². The number of fused-ring (bicyclic) bond motifs is 6. The van der Waals surface area contributed by atoms with E-state index in [1.54, 1.807) is 0 Å². The molecule has 0 fully saturated rings. The molecule has 0 spiro atoms. The zero-order chi connectivity index (χ0) is 39.5. The van der Waals surface area contributed by atoms with Gasteiger partial charge in [-0.1, -0.05) is 127 Å². The minimum absolute atomic E-state index is 0.592. The molecule has 6 aromatic carbocycles. The van der Waals surface area contributed by atoms with Crippen LogP contribution in [0.25, 0.3) is 83.6 Å². The molecular weight excluding hydrogens is 670 g/mol. The average molecular weight is 706 g/mol. The third-order valence-corrected chi connectivity index (χ3v) is 13.1. The lowest BCUT2D eigenvalue weighted by atomic mass is 9.63. The van der Waals surface area contributed by atoms with Gasteiger partial charge < -0.3 is 8.98 Å². The van der Waals surface area contributed by atoms with Crippen LogP contribution in [0.2, 0.25) is 0 Å². The topological polar surface area (TPSA) is 56.7 Å². The first-order valence-electron chi connectivity index (χ1n) is 19.6. The lowest BCUT2D eigenvalue weighted by Crippen LogP contribution is -2.49. The lowest BCUT2D eigenvalue weighted by molar-refractivity contribution is 0.672. The molecule has 0 N–H and O–H groups in total. The highest BCUT2D eigenvalue weighted by molar-refractivity contribution is 6.72. The Labute approximate surface area is 338 Å². The Kier molecular flexibility index (Phi) is 8.54. The average Bonchev–Trinajstić information content (AvgIpc) is 3.77. The molecule has 5 nitrogen and oxygen atoms in total. The number of hydrogen-bond donors (Lipinski definition) is 0. The first-order chi connectivity index (χ1) is 26.8. The summed E-state index contributed by atoms with van der Waals surface area (Å²) in [5.41, 5.74) is 23.8. The molecule has 0 bridgehead atoms. The minimum Gasteiger partial charge on any atom is -0.456 e. The van der Waals surface area contributed by atoms with Crippen molar-refractivity contribution >= 4 is 203 Å². The Bertz CT molecular complexity index is 3030. The molecule has 0 aliphatic heterocycles. The van der Waals surface area contributed by atoms with E-state index in [1.807, 2.05) is 60.7 Å². The molecule has 0 saturated carbocycles. The second-order valence-electron chi connectivity index (χ2n) is 16.0. The Morgan fingerprint density at radius 3 is 1.38 bits per heavy atom. The number of aromatic nitrogens is 4. The van der Waals surface area contributed by atoms with Crippen LogP contribution in [0.3, 0.4) is 0 Å². The van der Waals surface area contributed by atoms with Crippen LogP contribution < -0.4 is 65.6 Å². The van der Waals surface area contributed by atoms with Gasteiger partial charge in [0.25, 0.3) is 0 Å². The molecule has 0 unspecified atom stereocenters. The minimum atomic E-state index is 0.592. The number of benzene rings is 6. The van der Waals surface area contributed by atoms with E-state index in [0.717, 1.165) is 49.6 Å². The maximum absolute atomic E-state index is 7.07. The van der Waals surface area contributed by atoms with Crippen molar-refractivity contribution in [2.75, 3.05) is 0 Å². The number of furan rings is 1. The fourth-order valence-corrected chi connectivity index (χ4v) is 9.25. The van der Waals surface area contributed by atoms with Gasteiger partial charge in [-0.2, -0.15) is 0 Å². The SMILES string of the molecule is Bc1cc(-c2nc(-c3ccccc3)nc(-c3ccccc3)n2)c2oc3c(B)c(B)c(-n4c5c(B)c(B)c(B)c(B)c5c5c(B)c(B)c(B)c(B)c54)c(B)c3c2c1. The number of hydrogen-bond acceptors (Lipinski definition) is 4. The summed E-state index contributed by atoms with van der Waals surface area (Å²) in [5, 5.41) is 4.94. The van der Waals surface area contributed by atoms with Gasteiger partial charge in [-0.25, -0.2) is 15.0 Å². The summed E-state index contributed by atoms with van der Waals surface area (Å²) in [5.74, 6) is 1.85. The quantitative estimate of drug-likeness (QED) is 0.171. The van der Waals surface area contributed by atoms with Crippen LogP contribution in [0, 0.1) is 0 Å². The van der Waals surface area contributed by atoms with Gasteiger partial charge >= 0.3 is 0 Å². The van der Waals surface area contributed by atoms with E-state index in [0.29, 0.717) is 17.5 Å². The van der Waals surface area contributed by atoms with E-state index in [2.05, 4.69) is 111 Å². The van der Waals surface area contributed by atoms with Crippen LogP contribution >= 0.6 is 0 Å². The predicted molar refractivity (Wildman–Crippen MR) is 276 cm³/mol. The van der Waals surface area contributed by atoms with Crippen molar-refractivity contribution < 1.29 is 4.42 Å². The van der Waals surface area contributed by atoms with E-state index >= 15 is 0 Å². The summed E-state index contributed by atoms with van der Waals surface area (Å²) >= 11 is 0. The highest BCUT2D eigenvalue weighted by Crippen LogP contribution is 2.35. The van der Waals surface area contributed by atoms with Gasteiger partial charge in [0.05, 0.1) is 5.56 Å². The molecule has 0 aliphatic rings. The second-order valence-corrected chi connectivity index (χ2v) is 16.0. The molecular formula is C39H36B12N4O. The molecule has 9 rings (SSSR count). The molecule has 3 heterocycles. The Morgan fingerprint density at radius 2 is 0.875 bits per heavy atom. The van der Waals surface area contributed by atoms with Crippen molar-refractivity contribution in [2.45, 2.75) is 0 Å². The fraction of sp³-hybridized carbons (Fsp3) is 0. The van der Waals surface area contributed by atoms with Crippen molar-refractivity contribution in [2.24, 2.45) is 0 Å². The van der Waals surface area contributed by atoms with Gasteiger partial charge in [0.1, 0.15) is 105 Å². The summed E-state index contributed by atoms with van der Waals surface area (Å²) in [6, 6.07) is 24.7. The van der Waals surface area contributed by atoms with Crippen LogP contribution in [0.5, 0.6) is 0 Å². The number of rotatable bonds is 4. The van der Waals surface area contributed by atoms with Crippen LogP contribution in [-0.4, -0.2) is 114 Å². The van der Waals surface area contributed by atoms with Crippen LogP contribution in [0.15, 0.2) is 77.2 Å². The maximum atomic E-state index is 7.07. The van der Waals surface area contributed by atoms with Crippen LogP contribution in [0.4, 0.5) is 0 Å². The largest absolute Gasteiger partial charge is 0.456 e. The van der Waals surface area contributed by atoms with Crippen molar-refractivity contribution in [3.8, 4) is 39.9 Å². The highest BCUT2D eigenvalue weighted by atomic mass is 16.3. The summed E-state index contributed by atoms with van der Waals surface area (Å²) < 4.78 is 9.69. The van der Waals surface area contributed by atoms with E-state index in [1.165, 1.54) is 82.1 Å². The van der Waals surface area contributed by atoms with Gasteiger partial charge in [0.15, 0.2) is 17.5 Å². The van der Waals surface area contributed by atoms with E-state index < -0.39 is 0 Å². The summed E-state index contributed by atoms with van der Waals surface area (Å²) in [4.78, 5) is 15.2. The van der Waals surface area contributed by atoms with Crippen molar-refractivity contribution in [1.82, 2.24) is 19.5 Å². The summed E-state index contributed by atoms with van der Waals surface area (Å²) in [7, 11) is 27.3. The van der Waals surface area contributed by atoms with Crippen LogP contribution in [0.1, 0.15) is 0 Å². The van der Waals surface area contributed by atoms with E-state index in [4.69, 9.17) is 19.4 Å². The van der Waals surface area contributed by atoms with Crippen molar-refractivity contribution in [3.05, 3.63) is 72.8 Å². The number of nitrogens with zero attached hydrogens (tertiary/aromatic N) is 4. The van der Waals surface area contributed by atoms with E-state index in [-0.39, 0.29) is 0 Å². The normalized spacial score (nSPS) is 11.7. The van der Waals surface area contributed by atoms with Gasteiger partial charge in [-0.3, -0.25) is 0 Å². The monoisotopic (exact) mass is 708 g/mol. The van der Waals surface area contributed by atoms with Gasteiger partial charge in [0.2, 0.25) is 0 Å². The molecule has 56 heavy (non-hydrogen) atoms. The second kappa shape index (κ2) is 13.1. The molecule has 0 saturated heterocycles. The molecule has 17 heteroatoms. The van der Waals surface area contributed by atoms with Gasteiger partial charge in [-0.05, 0) is 10.8 Å². The first kappa shape index (κ1) is 36.4. The maximum Gasteiger partial charge on any atom is 0.167 e. The predicted octanol–water partition coefficient (Wildman–Crippen LogP) is -11.0. The van der Waals surface area contributed by atoms with Crippen molar-refractivity contribution in [3.63, 3.8) is 0 Å². The third kappa shape index (κ3) is 5.15. The molecule has 0 atom stereocenters. The van der Waals surface area contributed by atoms with Crippen molar-refractivity contribution in [1.29, 1.82) is 0 Å². The zero-order valence-electron chi connectivity index (χ0n) is 34.6. The Morgan fingerprint density at radius 1 is 0.411 bits per heavy atom. The van der Waals surface area contributed by atoms with Crippen LogP contribution in [-0.2, 0) is 0 Å². The van der Waals surface area contributed by atoms with Gasteiger partial charge in [0, 0.05) is 38.6 Å². The lowest BCUT2D eigenvalue weighted by Gasteiger charge is -2.22.